The number of methoxy groups -OCH3 is 1. The van der Waals surface area contributed by atoms with Crippen LogP contribution in [0.15, 0.2) is 67.0 Å². The topological polar surface area (TPSA) is 129 Å². The molecule has 0 aliphatic heterocycles. The van der Waals surface area contributed by atoms with Crippen molar-refractivity contribution in [2.75, 3.05) is 38.7 Å². The molecule has 0 spiro atoms. The van der Waals surface area contributed by atoms with Crippen LogP contribution in [0.4, 0.5) is 5.69 Å². The molecule has 214 valence electrons. The molecule has 2 heterocycles. The van der Waals surface area contributed by atoms with E-state index in [1.807, 2.05) is 55.5 Å². The highest BCUT2D eigenvalue weighted by Gasteiger charge is 2.17. The van der Waals surface area contributed by atoms with E-state index in [9.17, 15) is 4.79 Å². The number of anilines is 1. The van der Waals surface area contributed by atoms with Gasteiger partial charge in [0, 0.05) is 61.0 Å². The first-order valence-electron chi connectivity index (χ1n) is 13.3. The van der Waals surface area contributed by atoms with Gasteiger partial charge < -0.3 is 30.9 Å². The molecule has 0 saturated heterocycles. The van der Waals surface area contributed by atoms with Crippen LogP contribution < -0.4 is 20.7 Å². The van der Waals surface area contributed by atoms with Gasteiger partial charge in [-0.05, 0) is 47.9 Å². The first-order chi connectivity index (χ1) is 20.0. The van der Waals surface area contributed by atoms with Crippen LogP contribution in [0.2, 0.25) is 5.02 Å². The summed E-state index contributed by atoms with van der Waals surface area (Å²) in [6, 6.07) is 16.8. The smallest absolute Gasteiger partial charge is 0.274 e. The Morgan fingerprint density at radius 2 is 1.73 bits per heavy atom. The molecule has 0 unspecified atom stereocenters. The summed E-state index contributed by atoms with van der Waals surface area (Å²) >= 11 is 6.94. The number of carbonyl (C=O) groups excluding carboxylic acids is 1. The van der Waals surface area contributed by atoms with Gasteiger partial charge in [-0.1, -0.05) is 41.9 Å². The Labute approximate surface area is 244 Å². The molecule has 1 amide bonds. The van der Waals surface area contributed by atoms with E-state index in [0.717, 1.165) is 33.4 Å². The van der Waals surface area contributed by atoms with Crippen molar-refractivity contribution in [2.24, 2.45) is 0 Å². The molecule has 10 heteroatoms. The molecule has 0 bridgehead atoms. The number of amides is 1. The number of nitrogens with zero attached hydrogens (tertiary/aromatic N) is 2. The summed E-state index contributed by atoms with van der Waals surface area (Å²) in [4.78, 5) is 21.8. The number of carbonyl (C=O) groups is 1. The summed E-state index contributed by atoms with van der Waals surface area (Å²) in [5.41, 5.74) is 6.76. The molecule has 4 rings (SSSR count). The average Bonchev–Trinajstić information content (AvgIpc) is 2.99. The van der Waals surface area contributed by atoms with Crippen LogP contribution in [0.3, 0.4) is 0 Å². The van der Waals surface area contributed by atoms with E-state index in [-0.39, 0.29) is 19.1 Å². The first-order valence-corrected chi connectivity index (χ1v) is 13.7. The summed E-state index contributed by atoms with van der Waals surface area (Å²) in [7, 11) is 1.61. The van der Waals surface area contributed by atoms with Gasteiger partial charge in [0.1, 0.15) is 11.4 Å². The van der Waals surface area contributed by atoms with Gasteiger partial charge in [-0.3, -0.25) is 14.8 Å². The molecule has 2 aromatic carbocycles. The fourth-order valence-corrected chi connectivity index (χ4v) is 4.74. The Morgan fingerprint density at radius 3 is 2.44 bits per heavy atom. The Kier molecular flexibility index (Phi) is 10.8. The van der Waals surface area contributed by atoms with Crippen LogP contribution in [0, 0.1) is 6.92 Å². The van der Waals surface area contributed by atoms with E-state index in [1.54, 1.807) is 25.6 Å². The third-order valence-corrected chi connectivity index (χ3v) is 6.98. The number of rotatable bonds is 13. The number of hydrogen-bond acceptors (Lipinski definition) is 8. The number of aromatic nitrogens is 2. The van der Waals surface area contributed by atoms with Gasteiger partial charge in [0.2, 0.25) is 0 Å². The van der Waals surface area contributed by atoms with Crippen molar-refractivity contribution in [3.8, 4) is 28.1 Å². The fourth-order valence-electron chi connectivity index (χ4n) is 4.42. The number of ether oxygens (including phenoxy) is 1. The summed E-state index contributed by atoms with van der Waals surface area (Å²) in [5.74, 6) is 0.377. The van der Waals surface area contributed by atoms with E-state index in [0.29, 0.717) is 54.0 Å². The van der Waals surface area contributed by atoms with E-state index in [4.69, 9.17) is 26.6 Å². The van der Waals surface area contributed by atoms with Gasteiger partial charge in [-0.25, -0.2) is 0 Å². The zero-order valence-electron chi connectivity index (χ0n) is 23.1. The van der Waals surface area contributed by atoms with Crippen molar-refractivity contribution in [1.29, 1.82) is 0 Å². The second-order valence-corrected chi connectivity index (χ2v) is 9.71. The third kappa shape index (κ3) is 7.46. The summed E-state index contributed by atoms with van der Waals surface area (Å²) < 4.78 is 5.60. The van der Waals surface area contributed by atoms with Gasteiger partial charge in [-0.2, -0.15) is 0 Å². The summed E-state index contributed by atoms with van der Waals surface area (Å²) in [5, 5.41) is 27.6. The molecule has 0 aliphatic carbocycles. The van der Waals surface area contributed by atoms with Crippen LogP contribution in [0.5, 0.6) is 5.75 Å². The molecule has 0 aliphatic rings. The Hall–Kier alpha value is -3.86. The number of aliphatic hydroxyl groups is 2. The summed E-state index contributed by atoms with van der Waals surface area (Å²) in [6.07, 6.45) is 3.36. The average molecular weight is 576 g/mol. The van der Waals surface area contributed by atoms with Crippen LogP contribution in [0.25, 0.3) is 22.4 Å². The number of halogens is 1. The largest absolute Gasteiger partial charge is 0.496 e. The second kappa shape index (κ2) is 14.7. The monoisotopic (exact) mass is 575 g/mol. The molecule has 0 radical (unpaired) electrons. The lowest BCUT2D eigenvalue weighted by atomic mass is 9.97. The van der Waals surface area contributed by atoms with Gasteiger partial charge in [-0.15, -0.1) is 0 Å². The maximum atomic E-state index is 13.0. The van der Waals surface area contributed by atoms with E-state index >= 15 is 0 Å². The fraction of sp³-hybridized carbons (Fsp3) is 0.258. The van der Waals surface area contributed by atoms with Gasteiger partial charge in [0.15, 0.2) is 0 Å². The molecular weight excluding hydrogens is 542 g/mol. The minimum atomic E-state index is -0.317. The number of aliphatic hydroxyl groups excluding tert-OH is 2. The Bertz CT molecular complexity index is 1480. The molecule has 0 fully saturated rings. The maximum absolute atomic E-state index is 13.0. The van der Waals surface area contributed by atoms with Crippen molar-refractivity contribution in [1.82, 2.24) is 20.6 Å². The molecule has 0 saturated carbocycles. The standard InChI is InChI=1S/C31H34ClN5O4/c1-20-24(4-3-5-26(20)37-31(40)27-9-6-21(18-36-27)17-33-12-14-38)25-10-11-35-30(29(25)32)22-7-8-23(19-34-13-15-39)28(16-22)41-2/h3-11,16,18,33-34,38-39H,12-15,17,19H2,1-2H3,(H,37,40). The minimum Gasteiger partial charge on any atom is -0.496 e. The van der Waals surface area contributed by atoms with Crippen molar-refractivity contribution in [3.05, 3.63) is 94.4 Å². The number of nitrogens with one attached hydrogen (secondary N) is 3. The number of hydrogen-bond donors (Lipinski definition) is 5. The molecule has 0 atom stereocenters. The van der Waals surface area contributed by atoms with Gasteiger partial charge in [0.05, 0.1) is 31.0 Å². The second-order valence-electron chi connectivity index (χ2n) is 9.33. The molecule has 5 N–H and O–H groups in total. The zero-order chi connectivity index (χ0) is 29.2. The molecule has 2 aromatic heterocycles. The highest BCUT2D eigenvalue weighted by molar-refractivity contribution is 6.35. The third-order valence-electron chi connectivity index (χ3n) is 6.60. The van der Waals surface area contributed by atoms with E-state index < -0.39 is 0 Å². The lowest BCUT2D eigenvalue weighted by Gasteiger charge is -2.16. The van der Waals surface area contributed by atoms with Gasteiger partial charge >= 0.3 is 0 Å². The molecule has 41 heavy (non-hydrogen) atoms. The van der Waals surface area contributed by atoms with Crippen molar-refractivity contribution >= 4 is 23.2 Å². The van der Waals surface area contributed by atoms with Crippen LogP contribution in [0.1, 0.15) is 27.2 Å². The highest BCUT2D eigenvalue weighted by atomic mass is 35.5. The number of benzene rings is 2. The molecular formula is C31H34ClN5O4. The SMILES string of the molecule is COc1cc(-c2nccc(-c3cccc(NC(=O)c4ccc(CNCCO)cn4)c3C)c2Cl)ccc1CNCCO. The highest BCUT2D eigenvalue weighted by Crippen LogP contribution is 2.39. The number of pyridine rings is 2. The van der Waals surface area contributed by atoms with E-state index in [1.165, 1.54) is 0 Å². The van der Waals surface area contributed by atoms with Gasteiger partial charge in [0.25, 0.3) is 5.91 Å². The zero-order valence-corrected chi connectivity index (χ0v) is 23.8. The lowest BCUT2D eigenvalue weighted by molar-refractivity contribution is 0.102. The quantitative estimate of drug-likeness (QED) is 0.150. The summed E-state index contributed by atoms with van der Waals surface area (Å²) in [6.45, 7) is 4.16. The Morgan fingerprint density at radius 1 is 0.951 bits per heavy atom. The lowest BCUT2D eigenvalue weighted by Crippen LogP contribution is -2.18. The molecule has 4 aromatic rings. The van der Waals surface area contributed by atoms with Crippen LogP contribution >= 0.6 is 11.6 Å². The Balaban J connectivity index is 1.57. The van der Waals surface area contributed by atoms with Crippen molar-refractivity contribution < 1.29 is 19.7 Å². The van der Waals surface area contributed by atoms with Crippen molar-refractivity contribution in [3.63, 3.8) is 0 Å². The van der Waals surface area contributed by atoms with Crippen LogP contribution in [-0.4, -0.2) is 59.5 Å². The predicted molar refractivity (Wildman–Crippen MR) is 161 cm³/mol. The maximum Gasteiger partial charge on any atom is 0.274 e. The van der Waals surface area contributed by atoms with E-state index in [2.05, 4.69) is 25.9 Å². The molecule has 9 nitrogen and oxygen atoms in total. The first kappa shape index (κ1) is 30.1. The van der Waals surface area contributed by atoms with Crippen LogP contribution in [-0.2, 0) is 13.1 Å². The minimum absolute atomic E-state index is 0.0604. The predicted octanol–water partition coefficient (Wildman–Crippen LogP) is 4.20. The normalized spacial score (nSPS) is 11.0. The van der Waals surface area contributed by atoms with Crippen molar-refractivity contribution in [2.45, 2.75) is 20.0 Å².